The molecule has 1 heterocycles. The van der Waals surface area contributed by atoms with Crippen molar-refractivity contribution in [1.82, 2.24) is 5.43 Å². The predicted molar refractivity (Wildman–Crippen MR) is 147 cm³/mol. The Balaban J connectivity index is 1.44. The van der Waals surface area contributed by atoms with Crippen LogP contribution in [0, 0.1) is 0 Å². The standard InChI is InChI=1S/C29H22N4O5S/c30-32-28(34)22-13-15-23(16-14-22)33-27(21-7-3-1-4-8-21)31-26(29(33)35)19-20-11-17-24(18-12-20)38-39(36,37)25-9-5-2-6-10-25/h1-19H,30H2,(H,32,34)/b26-19-. The molecule has 4 aromatic carbocycles. The first-order valence-electron chi connectivity index (χ1n) is 11.8. The van der Waals surface area contributed by atoms with E-state index in [1.807, 2.05) is 30.3 Å². The number of nitrogens with one attached hydrogen (secondary N) is 1. The van der Waals surface area contributed by atoms with Crippen molar-refractivity contribution in [3.8, 4) is 5.75 Å². The van der Waals surface area contributed by atoms with Gasteiger partial charge in [-0.25, -0.2) is 10.8 Å². The molecular formula is C29H22N4O5S. The third-order valence-electron chi connectivity index (χ3n) is 5.83. The lowest BCUT2D eigenvalue weighted by Gasteiger charge is -2.18. The molecule has 3 N–H and O–H groups in total. The minimum absolute atomic E-state index is 0.0484. The first kappa shape index (κ1) is 25.6. The molecule has 9 nitrogen and oxygen atoms in total. The molecule has 39 heavy (non-hydrogen) atoms. The average molecular weight is 539 g/mol. The number of amides is 2. The number of hydrogen-bond acceptors (Lipinski definition) is 7. The van der Waals surface area contributed by atoms with E-state index in [1.165, 1.54) is 29.2 Å². The quantitative estimate of drug-likeness (QED) is 0.121. The monoisotopic (exact) mass is 538 g/mol. The van der Waals surface area contributed by atoms with Crippen molar-refractivity contribution in [3.63, 3.8) is 0 Å². The predicted octanol–water partition coefficient (Wildman–Crippen LogP) is 3.89. The van der Waals surface area contributed by atoms with Crippen molar-refractivity contribution in [1.29, 1.82) is 0 Å². The summed E-state index contributed by atoms with van der Waals surface area (Å²) in [4.78, 5) is 31.5. The molecule has 1 aliphatic heterocycles. The van der Waals surface area contributed by atoms with Gasteiger partial charge in [-0.15, -0.1) is 0 Å². The van der Waals surface area contributed by atoms with E-state index < -0.39 is 16.0 Å². The number of hydrazine groups is 1. The van der Waals surface area contributed by atoms with Gasteiger partial charge < -0.3 is 4.18 Å². The van der Waals surface area contributed by atoms with E-state index in [-0.39, 0.29) is 22.2 Å². The summed E-state index contributed by atoms with van der Waals surface area (Å²) >= 11 is 0. The molecule has 0 atom stereocenters. The maximum Gasteiger partial charge on any atom is 0.339 e. The van der Waals surface area contributed by atoms with E-state index >= 15 is 0 Å². The Hall–Kier alpha value is -5.06. The van der Waals surface area contributed by atoms with Crippen molar-refractivity contribution >= 4 is 39.5 Å². The number of aliphatic imine (C=N–C) groups is 1. The number of rotatable bonds is 7. The molecule has 194 valence electrons. The van der Waals surface area contributed by atoms with E-state index in [2.05, 4.69) is 10.4 Å². The average Bonchev–Trinajstić information content (AvgIpc) is 3.30. The lowest BCUT2D eigenvalue weighted by Crippen LogP contribution is -2.33. The van der Waals surface area contributed by atoms with Crippen LogP contribution in [0.15, 0.2) is 125 Å². The molecule has 0 unspecified atom stereocenters. The maximum absolute atomic E-state index is 13.5. The zero-order valence-corrected chi connectivity index (χ0v) is 21.2. The normalized spacial score (nSPS) is 14.3. The van der Waals surface area contributed by atoms with Crippen molar-refractivity contribution in [3.05, 3.63) is 132 Å². The number of carbonyl (C=O) groups is 2. The van der Waals surface area contributed by atoms with Gasteiger partial charge in [-0.1, -0.05) is 60.7 Å². The molecule has 0 saturated heterocycles. The summed E-state index contributed by atoms with van der Waals surface area (Å²) in [6.45, 7) is 0. The maximum atomic E-state index is 13.5. The second kappa shape index (κ2) is 10.7. The van der Waals surface area contributed by atoms with Gasteiger partial charge in [0.1, 0.15) is 22.2 Å². The summed E-state index contributed by atoms with van der Waals surface area (Å²) in [6, 6.07) is 29.8. The lowest BCUT2D eigenvalue weighted by molar-refractivity contribution is -0.113. The molecule has 0 radical (unpaired) electrons. The highest BCUT2D eigenvalue weighted by Gasteiger charge is 2.32. The third kappa shape index (κ3) is 5.47. The summed E-state index contributed by atoms with van der Waals surface area (Å²) in [7, 11) is -3.97. The fourth-order valence-corrected chi connectivity index (χ4v) is 4.87. The van der Waals surface area contributed by atoms with Crippen LogP contribution < -0.4 is 20.4 Å². The molecule has 0 saturated carbocycles. The summed E-state index contributed by atoms with van der Waals surface area (Å²) in [5.41, 5.74) is 4.48. The highest BCUT2D eigenvalue weighted by molar-refractivity contribution is 7.87. The molecule has 0 spiro atoms. The van der Waals surface area contributed by atoms with Crippen LogP contribution >= 0.6 is 0 Å². The Kier molecular flexibility index (Phi) is 7.04. The van der Waals surface area contributed by atoms with Gasteiger partial charge in [-0.2, -0.15) is 8.42 Å². The van der Waals surface area contributed by atoms with Crippen LogP contribution in [0.2, 0.25) is 0 Å². The van der Waals surface area contributed by atoms with Crippen LogP contribution in [0.3, 0.4) is 0 Å². The number of nitrogens with zero attached hydrogens (tertiary/aromatic N) is 2. The lowest BCUT2D eigenvalue weighted by atomic mass is 10.1. The van der Waals surface area contributed by atoms with E-state index in [0.29, 0.717) is 22.6 Å². The minimum atomic E-state index is -3.97. The largest absolute Gasteiger partial charge is 0.379 e. The van der Waals surface area contributed by atoms with Gasteiger partial charge in [0, 0.05) is 11.1 Å². The Bertz CT molecular complexity index is 1680. The molecule has 0 aliphatic carbocycles. The highest BCUT2D eigenvalue weighted by atomic mass is 32.2. The number of anilines is 1. The van der Waals surface area contributed by atoms with Gasteiger partial charge in [-0.3, -0.25) is 19.9 Å². The molecule has 4 aromatic rings. The van der Waals surface area contributed by atoms with Crippen LogP contribution in [0.25, 0.3) is 6.08 Å². The van der Waals surface area contributed by atoms with Gasteiger partial charge in [0.2, 0.25) is 0 Å². The minimum Gasteiger partial charge on any atom is -0.379 e. The summed E-state index contributed by atoms with van der Waals surface area (Å²) < 4.78 is 30.2. The smallest absolute Gasteiger partial charge is 0.339 e. The van der Waals surface area contributed by atoms with Crippen LogP contribution in [0.5, 0.6) is 5.75 Å². The zero-order valence-electron chi connectivity index (χ0n) is 20.4. The topological polar surface area (TPSA) is 131 Å². The van der Waals surface area contributed by atoms with Crippen LogP contribution in [0.4, 0.5) is 5.69 Å². The molecule has 0 fully saturated rings. The number of nitrogen functional groups attached to an aromatic ring is 1. The molecule has 5 rings (SSSR count). The fourth-order valence-electron chi connectivity index (χ4n) is 3.92. The second-order valence-corrected chi connectivity index (χ2v) is 9.96. The Labute approximate surface area is 225 Å². The van der Waals surface area contributed by atoms with E-state index in [0.717, 1.165) is 5.56 Å². The Morgan fingerprint density at radius 1 is 0.846 bits per heavy atom. The Morgan fingerprint density at radius 3 is 2.08 bits per heavy atom. The van der Waals surface area contributed by atoms with Crippen LogP contribution in [0.1, 0.15) is 21.5 Å². The fraction of sp³-hybridized carbons (Fsp3) is 0. The molecular weight excluding hydrogens is 516 g/mol. The van der Waals surface area contributed by atoms with E-state index in [9.17, 15) is 18.0 Å². The molecule has 0 bridgehead atoms. The summed E-state index contributed by atoms with van der Waals surface area (Å²) in [5.74, 6) is 4.96. The van der Waals surface area contributed by atoms with Gasteiger partial charge in [0.25, 0.3) is 11.8 Å². The van der Waals surface area contributed by atoms with Gasteiger partial charge >= 0.3 is 10.1 Å². The van der Waals surface area contributed by atoms with Gasteiger partial charge in [0.05, 0.1) is 5.69 Å². The second-order valence-electron chi connectivity index (χ2n) is 8.41. The van der Waals surface area contributed by atoms with Gasteiger partial charge in [0.15, 0.2) is 0 Å². The van der Waals surface area contributed by atoms with Crippen molar-refractivity contribution in [2.45, 2.75) is 4.90 Å². The number of amidine groups is 1. The molecule has 0 aromatic heterocycles. The number of benzene rings is 4. The van der Waals surface area contributed by atoms with Crippen molar-refractivity contribution < 1.29 is 22.2 Å². The van der Waals surface area contributed by atoms with Gasteiger partial charge in [-0.05, 0) is 60.2 Å². The van der Waals surface area contributed by atoms with E-state index in [4.69, 9.17) is 10.0 Å². The number of nitrogens with two attached hydrogens (primary N) is 1. The third-order valence-corrected chi connectivity index (χ3v) is 7.09. The summed E-state index contributed by atoms with van der Waals surface area (Å²) in [5, 5.41) is 0. The van der Waals surface area contributed by atoms with E-state index in [1.54, 1.807) is 60.7 Å². The van der Waals surface area contributed by atoms with Crippen molar-refractivity contribution in [2.24, 2.45) is 10.8 Å². The number of hydrogen-bond donors (Lipinski definition) is 2. The molecule has 2 amide bonds. The molecule has 10 heteroatoms. The SMILES string of the molecule is NNC(=O)c1ccc(N2C(=O)/C(=C/c3ccc(OS(=O)(=O)c4ccccc4)cc3)N=C2c2ccccc2)cc1. The zero-order chi connectivity index (χ0) is 27.4. The van der Waals surface area contributed by atoms with Crippen molar-refractivity contribution in [2.75, 3.05) is 4.90 Å². The number of carbonyl (C=O) groups excluding carboxylic acids is 2. The summed E-state index contributed by atoms with van der Waals surface area (Å²) in [6.07, 6.45) is 1.61. The highest BCUT2D eigenvalue weighted by Crippen LogP contribution is 2.29. The first-order chi connectivity index (χ1) is 18.9. The van der Waals surface area contributed by atoms with Crippen LogP contribution in [-0.4, -0.2) is 26.1 Å². The molecule has 1 aliphatic rings. The Morgan fingerprint density at radius 2 is 1.46 bits per heavy atom. The first-order valence-corrected chi connectivity index (χ1v) is 13.2. The van der Waals surface area contributed by atoms with Crippen LogP contribution in [-0.2, 0) is 14.9 Å².